The first kappa shape index (κ1) is 15.0. The van der Waals surface area contributed by atoms with Crippen LogP contribution in [0.2, 0.25) is 0 Å². The highest BCUT2D eigenvalue weighted by Crippen LogP contribution is 2.10. The number of para-hydroxylation sites is 1. The zero-order valence-electron chi connectivity index (χ0n) is 12.5. The van der Waals surface area contributed by atoms with E-state index in [-0.39, 0.29) is 12.1 Å². The molecule has 23 heavy (non-hydrogen) atoms. The third-order valence-corrected chi connectivity index (χ3v) is 3.71. The van der Waals surface area contributed by atoms with Crippen molar-refractivity contribution in [1.82, 2.24) is 9.55 Å². The number of carboxylic acids is 1. The van der Waals surface area contributed by atoms with Gasteiger partial charge in [-0.05, 0) is 24.1 Å². The Labute approximate surface area is 132 Å². The Bertz CT molecular complexity index is 901. The highest BCUT2D eigenvalue weighted by molar-refractivity contribution is 5.77. The van der Waals surface area contributed by atoms with Crippen LogP contribution in [0, 0.1) is 0 Å². The van der Waals surface area contributed by atoms with E-state index in [0.717, 1.165) is 5.56 Å². The number of carboxylic acid groups (broad SMARTS) is 1. The Balaban J connectivity index is 2.03. The molecular formula is C18H16N2O3. The number of rotatable bonds is 5. The van der Waals surface area contributed by atoms with Crippen molar-refractivity contribution in [3.05, 3.63) is 76.3 Å². The molecule has 0 aliphatic carbocycles. The fraction of sp³-hybridized carbons (Fsp3) is 0.167. The molecular weight excluding hydrogens is 292 g/mol. The summed E-state index contributed by atoms with van der Waals surface area (Å²) in [6.45, 7) is -0.374. The SMILES string of the molecule is O=C(O)Cn1c(CCc2ccccc2)nc2ccccc2c1=O. The van der Waals surface area contributed by atoms with E-state index in [1.165, 1.54) is 4.57 Å². The standard InChI is InChI=1S/C18H16N2O3/c21-17(22)12-20-16(11-10-13-6-2-1-3-7-13)19-15-9-5-4-8-14(15)18(20)23/h1-9H,10-12H2,(H,21,22). The van der Waals surface area contributed by atoms with Crippen LogP contribution in [0.3, 0.4) is 0 Å². The quantitative estimate of drug-likeness (QED) is 0.785. The maximum Gasteiger partial charge on any atom is 0.323 e. The van der Waals surface area contributed by atoms with Gasteiger partial charge in [0.25, 0.3) is 5.56 Å². The van der Waals surface area contributed by atoms with Gasteiger partial charge in [-0.15, -0.1) is 0 Å². The van der Waals surface area contributed by atoms with E-state index < -0.39 is 5.97 Å². The minimum absolute atomic E-state index is 0.305. The molecule has 0 bridgehead atoms. The molecule has 116 valence electrons. The van der Waals surface area contributed by atoms with E-state index >= 15 is 0 Å². The highest BCUT2D eigenvalue weighted by atomic mass is 16.4. The minimum atomic E-state index is -1.05. The minimum Gasteiger partial charge on any atom is -0.480 e. The van der Waals surface area contributed by atoms with Crippen LogP contribution in [0.5, 0.6) is 0 Å². The molecule has 3 rings (SSSR count). The number of carbonyl (C=O) groups is 1. The molecule has 1 aromatic heterocycles. The number of aryl methyl sites for hydroxylation is 2. The third-order valence-electron chi connectivity index (χ3n) is 3.71. The van der Waals surface area contributed by atoms with Crippen LogP contribution < -0.4 is 5.56 Å². The second-order valence-electron chi connectivity index (χ2n) is 5.32. The topological polar surface area (TPSA) is 72.2 Å². The summed E-state index contributed by atoms with van der Waals surface area (Å²) >= 11 is 0. The van der Waals surface area contributed by atoms with Crippen LogP contribution in [0.1, 0.15) is 11.4 Å². The summed E-state index contributed by atoms with van der Waals surface area (Å²) in [6, 6.07) is 16.9. The third kappa shape index (κ3) is 3.29. The maximum absolute atomic E-state index is 12.6. The van der Waals surface area contributed by atoms with Gasteiger partial charge in [-0.1, -0.05) is 42.5 Å². The number of hydrogen-bond donors (Lipinski definition) is 1. The van der Waals surface area contributed by atoms with Gasteiger partial charge in [0, 0.05) is 6.42 Å². The highest BCUT2D eigenvalue weighted by Gasteiger charge is 2.13. The van der Waals surface area contributed by atoms with Crippen LogP contribution >= 0.6 is 0 Å². The van der Waals surface area contributed by atoms with Crippen molar-refractivity contribution < 1.29 is 9.90 Å². The van der Waals surface area contributed by atoms with Gasteiger partial charge < -0.3 is 5.11 Å². The summed E-state index contributed by atoms with van der Waals surface area (Å²) in [5.74, 6) is -0.551. The first-order chi connectivity index (χ1) is 11.1. The summed E-state index contributed by atoms with van der Waals surface area (Å²) in [4.78, 5) is 28.2. The van der Waals surface area contributed by atoms with E-state index in [0.29, 0.717) is 29.6 Å². The predicted octanol–water partition coefficient (Wildman–Crippen LogP) is 2.27. The van der Waals surface area contributed by atoms with E-state index in [2.05, 4.69) is 4.98 Å². The van der Waals surface area contributed by atoms with E-state index in [1.807, 2.05) is 36.4 Å². The molecule has 0 unspecified atom stereocenters. The number of fused-ring (bicyclic) bond motifs is 1. The van der Waals surface area contributed by atoms with E-state index in [1.54, 1.807) is 18.2 Å². The molecule has 0 atom stereocenters. The van der Waals surface area contributed by atoms with E-state index in [4.69, 9.17) is 5.11 Å². The molecule has 0 aliphatic rings. The Kier molecular flexibility index (Phi) is 4.19. The van der Waals surface area contributed by atoms with Crippen molar-refractivity contribution in [2.75, 3.05) is 0 Å². The lowest BCUT2D eigenvalue weighted by Crippen LogP contribution is -2.29. The molecule has 0 saturated carbocycles. The van der Waals surface area contributed by atoms with Crippen molar-refractivity contribution in [3.8, 4) is 0 Å². The van der Waals surface area contributed by atoms with Gasteiger partial charge in [0.15, 0.2) is 0 Å². The van der Waals surface area contributed by atoms with Gasteiger partial charge in [-0.25, -0.2) is 4.98 Å². The lowest BCUT2D eigenvalue weighted by molar-refractivity contribution is -0.137. The summed E-state index contributed by atoms with van der Waals surface area (Å²) in [7, 11) is 0. The van der Waals surface area contributed by atoms with Crippen LogP contribution in [0.25, 0.3) is 10.9 Å². The van der Waals surface area contributed by atoms with Gasteiger partial charge in [0.2, 0.25) is 0 Å². The fourth-order valence-corrected chi connectivity index (χ4v) is 2.60. The van der Waals surface area contributed by atoms with Crippen LogP contribution in [0.15, 0.2) is 59.4 Å². The Morgan fingerprint density at radius 3 is 2.43 bits per heavy atom. The van der Waals surface area contributed by atoms with Crippen LogP contribution in [-0.2, 0) is 24.2 Å². The van der Waals surface area contributed by atoms with Crippen LogP contribution in [0.4, 0.5) is 0 Å². The molecule has 2 aromatic carbocycles. The summed E-state index contributed by atoms with van der Waals surface area (Å²) in [5, 5.41) is 9.53. The van der Waals surface area contributed by atoms with E-state index in [9.17, 15) is 9.59 Å². The maximum atomic E-state index is 12.6. The largest absolute Gasteiger partial charge is 0.480 e. The lowest BCUT2D eigenvalue weighted by atomic mass is 10.1. The molecule has 0 saturated heterocycles. The smallest absolute Gasteiger partial charge is 0.323 e. The zero-order valence-corrected chi connectivity index (χ0v) is 12.5. The average Bonchev–Trinajstić information content (AvgIpc) is 2.56. The monoisotopic (exact) mass is 308 g/mol. The number of hydrogen-bond acceptors (Lipinski definition) is 3. The molecule has 1 N–H and O–H groups in total. The zero-order chi connectivity index (χ0) is 16.2. The number of nitrogens with zero attached hydrogens (tertiary/aromatic N) is 2. The predicted molar refractivity (Wildman–Crippen MR) is 87.5 cm³/mol. The first-order valence-electron chi connectivity index (χ1n) is 7.39. The average molecular weight is 308 g/mol. The molecule has 0 aliphatic heterocycles. The van der Waals surface area contributed by atoms with Gasteiger partial charge in [0.1, 0.15) is 12.4 Å². The van der Waals surface area contributed by atoms with Gasteiger partial charge in [0.05, 0.1) is 10.9 Å². The van der Waals surface area contributed by atoms with Crippen molar-refractivity contribution in [3.63, 3.8) is 0 Å². The Morgan fingerprint density at radius 1 is 1.00 bits per heavy atom. The molecule has 3 aromatic rings. The van der Waals surface area contributed by atoms with Crippen LogP contribution in [-0.4, -0.2) is 20.6 Å². The summed E-state index contributed by atoms with van der Waals surface area (Å²) in [5.41, 5.74) is 1.42. The van der Waals surface area contributed by atoms with Gasteiger partial charge in [-0.2, -0.15) is 0 Å². The summed E-state index contributed by atoms with van der Waals surface area (Å²) < 4.78 is 1.26. The van der Waals surface area contributed by atoms with Gasteiger partial charge in [-0.3, -0.25) is 14.2 Å². The Hall–Kier alpha value is -2.95. The summed E-state index contributed by atoms with van der Waals surface area (Å²) in [6.07, 6.45) is 1.21. The van der Waals surface area contributed by atoms with Crippen molar-refractivity contribution >= 4 is 16.9 Å². The van der Waals surface area contributed by atoms with Gasteiger partial charge >= 0.3 is 5.97 Å². The second kappa shape index (κ2) is 6.44. The van der Waals surface area contributed by atoms with Crippen molar-refractivity contribution in [2.45, 2.75) is 19.4 Å². The molecule has 5 nitrogen and oxygen atoms in total. The number of benzene rings is 2. The molecule has 0 radical (unpaired) electrons. The number of aliphatic carboxylic acids is 1. The normalized spacial score (nSPS) is 10.8. The molecule has 5 heteroatoms. The molecule has 0 amide bonds. The molecule has 1 heterocycles. The molecule has 0 fully saturated rings. The van der Waals surface area contributed by atoms with Crippen molar-refractivity contribution in [2.24, 2.45) is 0 Å². The fourth-order valence-electron chi connectivity index (χ4n) is 2.60. The lowest BCUT2D eigenvalue weighted by Gasteiger charge is -2.11. The number of aromatic nitrogens is 2. The first-order valence-corrected chi connectivity index (χ1v) is 7.39. The Morgan fingerprint density at radius 2 is 1.70 bits per heavy atom. The second-order valence-corrected chi connectivity index (χ2v) is 5.32. The molecule has 0 spiro atoms. The van der Waals surface area contributed by atoms with Crippen molar-refractivity contribution in [1.29, 1.82) is 0 Å².